The Balaban J connectivity index is 2.61. The average Bonchev–Trinajstić information content (AvgIpc) is 2.29. The predicted molar refractivity (Wildman–Crippen MR) is 65.5 cm³/mol. The summed E-state index contributed by atoms with van der Waals surface area (Å²) in [6, 6.07) is 14.3. The maximum absolute atomic E-state index is 5.75. The summed E-state index contributed by atoms with van der Waals surface area (Å²) >= 11 is 0. The van der Waals surface area contributed by atoms with Gasteiger partial charge in [-0.3, -0.25) is 0 Å². The normalized spacial score (nSPS) is 11.9. The lowest BCUT2D eigenvalue weighted by molar-refractivity contribution is 1.24. The molecule has 0 aromatic heterocycles. The van der Waals surface area contributed by atoms with E-state index >= 15 is 0 Å². The Kier molecular flexibility index (Phi) is 2.68. The van der Waals surface area contributed by atoms with E-state index in [4.69, 9.17) is 5.73 Å². The largest absolute Gasteiger partial charge is 0.387 e. The van der Waals surface area contributed by atoms with Crippen LogP contribution in [0.3, 0.4) is 0 Å². The molecule has 0 radical (unpaired) electrons. The molecule has 0 atom stereocenters. The number of hydrogen-bond acceptors (Lipinski definition) is 1. The van der Waals surface area contributed by atoms with E-state index in [1.165, 1.54) is 5.39 Å². The van der Waals surface area contributed by atoms with Crippen molar-refractivity contribution in [3.05, 3.63) is 42.5 Å². The summed E-state index contributed by atoms with van der Waals surface area (Å²) in [5.41, 5.74) is 6.70. The van der Waals surface area contributed by atoms with Gasteiger partial charge in [-0.1, -0.05) is 43.3 Å². The standard InChI is InChI=1S/C13H14N2/c1-2-13(14)15-12-9-5-7-10-6-3-4-8-11(10)12/h3-9H,2H2,1H3,(H2,14,15). The van der Waals surface area contributed by atoms with Gasteiger partial charge in [0.05, 0.1) is 11.5 Å². The van der Waals surface area contributed by atoms with Crippen molar-refractivity contribution in [3.8, 4) is 0 Å². The molecule has 0 saturated heterocycles. The third-order valence-corrected chi connectivity index (χ3v) is 2.39. The fraction of sp³-hybridized carbons (Fsp3) is 0.154. The van der Waals surface area contributed by atoms with E-state index in [9.17, 15) is 0 Å². The van der Waals surface area contributed by atoms with Crippen LogP contribution in [0.4, 0.5) is 5.69 Å². The van der Waals surface area contributed by atoms with Gasteiger partial charge in [0.2, 0.25) is 0 Å². The lowest BCUT2D eigenvalue weighted by Crippen LogP contribution is -2.08. The summed E-state index contributed by atoms with van der Waals surface area (Å²) in [7, 11) is 0. The monoisotopic (exact) mass is 198 g/mol. The second-order valence-electron chi connectivity index (χ2n) is 3.45. The molecule has 0 aliphatic rings. The fourth-order valence-electron chi connectivity index (χ4n) is 1.54. The van der Waals surface area contributed by atoms with Gasteiger partial charge in [0.1, 0.15) is 0 Å². The van der Waals surface area contributed by atoms with Crippen LogP contribution in [0.15, 0.2) is 47.5 Å². The first-order valence-corrected chi connectivity index (χ1v) is 5.12. The van der Waals surface area contributed by atoms with E-state index in [1.54, 1.807) is 0 Å². The number of fused-ring (bicyclic) bond motifs is 1. The van der Waals surface area contributed by atoms with Crippen LogP contribution >= 0.6 is 0 Å². The van der Waals surface area contributed by atoms with Gasteiger partial charge in [-0.25, -0.2) is 4.99 Å². The summed E-state index contributed by atoms with van der Waals surface area (Å²) in [5, 5.41) is 2.35. The molecule has 2 aromatic carbocycles. The topological polar surface area (TPSA) is 38.4 Å². The second-order valence-corrected chi connectivity index (χ2v) is 3.45. The molecular formula is C13H14N2. The summed E-state index contributed by atoms with van der Waals surface area (Å²) in [4.78, 5) is 4.40. The fourth-order valence-corrected chi connectivity index (χ4v) is 1.54. The Morgan fingerprint density at radius 1 is 1.13 bits per heavy atom. The van der Waals surface area contributed by atoms with E-state index in [2.05, 4.69) is 23.2 Å². The molecule has 0 heterocycles. The van der Waals surface area contributed by atoms with E-state index in [1.807, 2.05) is 31.2 Å². The summed E-state index contributed by atoms with van der Waals surface area (Å²) in [6.07, 6.45) is 0.781. The molecule has 0 bridgehead atoms. The minimum Gasteiger partial charge on any atom is -0.387 e. The maximum Gasteiger partial charge on any atom is 0.0993 e. The molecule has 2 aromatic rings. The van der Waals surface area contributed by atoms with Gasteiger partial charge in [-0.05, 0) is 11.5 Å². The van der Waals surface area contributed by atoms with Crippen molar-refractivity contribution in [3.63, 3.8) is 0 Å². The van der Waals surface area contributed by atoms with Crippen molar-refractivity contribution in [1.29, 1.82) is 0 Å². The van der Waals surface area contributed by atoms with Gasteiger partial charge in [0.25, 0.3) is 0 Å². The molecule has 15 heavy (non-hydrogen) atoms. The van der Waals surface area contributed by atoms with E-state index < -0.39 is 0 Å². The zero-order valence-electron chi connectivity index (χ0n) is 8.77. The van der Waals surface area contributed by atoms with Crippen molar-refractivity contribution in [2.24, 2.45) is 10.7 Å². The number of nitrogens with two attached hydrogens (primary N) is 1. The third-order valence-electron chi connectivity index (χ3n) is 2.39. The zero-order chi connectivity index (χ0) is 10.7. The van der Waals surface area contributed by atoms with Crippen molar-refractivity contribution in [1.82, 2.24) is 0 Å². The number of aliphatic imine (C=N–C) groups is 1. The van der Waals surface area contributed by atoms with Gasteiger partial charge >= 0.3 is 0 Å². The Bertz CT molecular complexity index is 495. The number of benzene rings is 2. The molecular weight excluding hydrogens is 184 g/mol. The summed E-state index contributed by atoms with van der Waals surface area (Å²) < 4.78 is 0. The van der Waals surface area contributed by atoms with Crippen LogP contribution in [0.1, 0.15) is 13.3 Å². The Hall–Kier alpha value is -1.83. The maximum atomic E-state index is 5.75. The lowest BCUT2D eigenvalue weighted by Gasteiger charge is -2.02. The van der Waals surface area contributed by atoms with Gasteiger partial charge in [-0.2, -0.15) is 0 Å². The Labute approximate surface area is 89.4 Å². The summed E-state index contributed by atoms with van der Waals surface area (Å²) in [6.45, 7) is 2.00. The highest BCUT2D eigenvalue weighted by Crippen LogP contribution is 2.25. The van der Waals surface area contributed by atoms with Crippen LogP contribution in [0.5, 0.6) is 0 Å². The van der Waals surface area contributed by atoms with Crippen LogP contribution in [-0.2, 0) is 0 Å². The Morgan fingerprint density at radius 2 is 1.87 bits per heavy atom. The number of amidine groups is 1. The lowest BCUT2D eigenvalue weighted by atomic mass is 10.1. The number of nitrogens with zero attached hydrogens (tertiary/aromatic N) is 1. The quantitative estimate of drug-likeness (QED) is 0.584. The molecule has 0 saturated carbocycles. The van der Waals surface area contributed by atoms with Crippen LogP contribution < -0.4 is 5.73 Å². The molecule has 2 N–H and O–H groups in total. The van der Waals surface area contributed by atoms with Crippen molar-refractivity contribution < 1.29 is 0 Å². The highest BCUT2D eigenvalue weighted by Gasteiger charge is 1.98. The van der Waals surface area contributed by atoms with Gasteiger partial charge in [-0.15, -0.1) is 0 Å². The first-order chi connectivity index (χ1) is 7.31. The van der Waals surface area contributed by atoms with Crippen LogP contribution in [-0.4, -0.2) is 5.84 Å². The number of rotatable bonds is 2. The van der Waals surface area contributed by atoms with Gasteiger partial charge in [0.15, 0.2) is 0 Å². The molecule has 2 heteroatoms. The highest BCUT2D eigenvalue weighted by molar-refractivity contribution is 5.95. The van der Waals surface area contributed by atoms with Gasteiger partial charge in [0, 0.05) is 11.8 Å². The smallest absolute Gasteiger partial charge is 0.0993 e. The molecule has 2 nitrogen and oxygen atoms in total. The molecule has 0 aliphatic carbocycles. The molecule has 0 amide bonds. The molecule has 2 rings (SSSR count). The van der Waals surface area contributed by atoms with E-state index in [0.29, 0.717) is 5.84 Å². The van der Waals surface area contributed by atoms with Crippen molar-refractivity contribution in [2.75, 3.05) is 0 Å². The second kappa shape index (κ2) is 4.13. The van der Waals surface area contributed by atoms with Crippen LogP contribution in [0, 0.1) is 0 Å². The Morgan fingerprint density at radius 3 is 2.67 bits per heavy atom. The van der Waals surface area contributed by atoms with Crippen molar-refractivity contribution in [2.45, 2.75) is 13.3 Å². The van der Waals surface area contributed by atoms with Crippen LogP contribution in [0.2, 0.25) is 0 Å². The van der Waals surface area contributed by atoms with Crippen molar-refractivity contribution >= 4 is 22.3 Å². The first kappa shape index (κ1) is 9.71. The van der Waals surface area contributed by atoms with E-state index in [-0.39, 0.29) is 0 Å². The minimum absolute atomic E-state index is 0.673. The first-order valence-electron chi connectivity index (χ1n) is 5.12. The highest BCUT2D eigenvalue weighted by atomic mass is 14.9. The molecule has 0 aliphatic heterocycles. The molecule has 76 valence electrons. The molecule has 0 unspecified atom stereocenters. The van der Waals surface area contributed by atoms with E-state index in [0.717, 1.165) is 17.5 Å². The minimum atomic E-state index is 0.673. The predicted octanol–water partition coefficient (Wildman–Crippen LogP) is 3.24. The third kappa shape index (κ3) is 1.99. The van der Waals surface area contributed by atoms with Gasteiger partial charge < -0.3 is 5.73 Å². The molecule has 0 fully saturated rings. The summed E-state index contributed by atoms with van der Waals surface area (Å²) in [5.74, 6) is 0.673. The number of hydrogen-bond donors (Lipinski definition) is 1. The SMILES string of the molecule is CCC(N)=Nc1cccc2ccccc12. The van der Waals surface area contributed by atoms with Crippen LogP contribution in [0.25, 0.3) is 10.8 Å². The molecule has 0 spiro atoms. The average molecular weight is 198 g/mol. The zero-order valence-corrected chi connectivity index (χ0v) is 8.77.